The van der Waals surface area contributed by atoms with Crippen LogP contribution in [-0.2, 0) is 14.8 Å². The molecule has 0 aliphatic carbocycles. The lowest BCUT2D eigenvalue weighted by atomic mass is 10.1. The average molecular weight is 454 g/mol. The third-order valence-electron chi connectivity index (χ3n) is 4.57. The van der Waals surface area contributed by atoms with Crippen molar-refractivity contribution in [2.45, 2.75) is 18.7 Å². The van der Waals surface area contributed by atoms with Crippen molar-refractivity contribution in [1.82, 2.24) is 0 Å². The lowest BCUT2D eigenvalue weighted by molar-refractivity contribution is -0.114. The van der Waals surface area contributed by atoms with E-state index >= 15 is 0 Å². The van der Waals surface area contributed by atoms with E-state index in [0.29, 0.717) is 22.7 Å². The topological polar surface area (TPSA) is 114 Å². The maximum absolute atomic E-state index is 13.1. The number of methoxy groups -OCH3 is 1. The summed E-state index contributed by atoms with van der Waals surface area (Å²) in [6.45, 7) is 2.98. The molecule has 0 saturated carbocycles. The van der Waals surface area contributed by atoms with Crippen LogP contribution in [0, 0.1) is 6.92 Å². The lowest BCUT2D eigenvalue weighted by Gasteiger charge is -2.15. The Kier molecular flexibility index (Phi) is 6.79. The van der Waals surface area contributed by atoms with Gasteiger partial charge in [0, 0.05) is 12.6 Å². The number of sulfonamides is 1. The van der Waals surface area contributed by atoms with Crippen molar-refractivity contribution in [3.8, 4) is 5.75 Å². The minimum Gasteiger partial charge on any atom is -0.495 e. The fraction of sp³-hybridized carbons (Fsp3) is 0.130. The quantitative estimate of drug-likeness (QED) is 0.500. The van der Waals surface area contributed by atoms with Gasteiger partial charge in [0.1, 0.15) is 5.75 Å². The minimum atomic E-state index is -4.05. The Labute approximate surface area is 186 Å². The Hall–Kier alpha value is -3.85. The van der Waals surface area contributed by atoms with Gasteiger partial charge in [0.25, 0.3) is 15.9 Å². The highest BCUT2D eigenvalue weighted by Crippen LogP contribution is 2.27. The third kappa shape index (κ3) is 5.25. The number of para-hydroxylation sites is 3. The van der Waals surface area contributed by atoms with Crippen LogP contribution in [0.5, 0.6) is 5.75 Å². The molecule has 3 rings (SSSR count). The van der Waals surface area contributed by atoms with E-state index in [0.717, 1.165) is 0 Å². The Morgan fingerprint density at radius 2 is 1.53 bits per heavy atom. The molecule has 2 amide bonds. The van der Waals surface area contributed by atoms with Crippen LogP contribution in [0.4, 0.5) is 17.1 Å². The standard InChI is InChI=1S/C23H23N3O5S/c1-15-12-13-17(24-16(2)27)14-22(15)32(29,30)26-19-9-5-4-8-18(19)23(28)25-20-10-6-7-11-21(20)31-3/h4-14,26H,1-3H3,(H,24,27)(H,25,28). The summed E-state index contributed by atoms with van der Waals surface area (Å²) in [5, 5.41) is 5.31. The van der Waals surface area contributed by atoms with Crippen LogP contribution >= 0.6 is 0 Å². The average Bonchev–Trinajstić information content (AvgIpc) is 2.75. The molecule has 3 aromatic rings. The summed E-state index contributed by atoms with van der Waals surface area (Å²) < 4.78 is 34.0. The third-order valence-corrected chi connectivity index (χ3v) is 6.08. The van der Waals surface area contributed by atoms with Crippen LogP contribution in [0.3, 0.4) is 0 Å². The van der Waals surface area contributed by atoms with E-state index in [9.17, 15) is 18.0 Å². The second kappa shape index (κ2) is 9.52. The van der Waals surface area contributed by atoms with Crippen molar-refractivity contribution in [3.05, 3.63) is 77.9 Å². The molecule has 166 valence electrons. The highest BCUT2D eigenvalue weighted by molar-refractivity contribution is 7.92. The summed E-state index contributed by atoms with van der Waals surface area (Å²) in [4.78, 5) is 24.2. The fourth-order valence-electron chi connectivity index (χ4n) is 3.08. The van der Waals surface area contributed by atoms with Crippen molar-refractivity contribution in [2.24, 2.45) is 0 Å². The highest BCUT2D eigenvalue weighted by Gasteiger charge is 2.21. The first-order valence-electron chi connectivity index (χ1n) is 9.65. The molecule has 0 bridgehead atoms. The van der Waals surface area contributed by atoms with Crippen LogP contribution < -0.4 is 20.1 Å². The number of carbonyl (C=O) groups excluding carboxylic acids is 2. The number of anilines is 3. The molecular formula is C23H23N3O5S. The molecule has 0 spiro atoms. The number of hydrogen-bond donors (Lipinski definition) is 3. The smallest absolute Gasteiger partial charge is 0.262 e. The van der Waals surface area contributed by atoms with Gasteiger partial charge in [0.2, 0.25) is 5.91 Å². The minimum absolute atomic E-state index is 0.0105. The van der Waals surface area contributed by atoms with Gasteiger partial charge in [-0.1, -0.05) is 30.3 Å². The molecular weight excluding hydrogens is 430 g/mol. The summed E-state index contributed by atoms with van der Waals surface area (Å²) in [5.41, 5.74) is 1.55. The number of hydrogen-bond acceptors (Lipinski definition) is 5. The predicted molar refractivity (Wildman–Crippen MR) is 124 cm³/mol. The van der Waals surface area contributed by atoms with E-state index in [1.165, 1.54) is 32.2 Å². The largest absolute Gasteiger partial charge is 0.495 e. The van der Waals surface area contributed by atoms with E-state index in [2.05, 4.69) is 15.4 Å². The number of ether oxygens (including phenoxy) is 1. The normalized spacial score (nSPS) is 10.8. The van der Waals surface area contributed by atoms with Gasteiger partial charge in [-0.2, -0.15) is 0 Å². The lowest BCUT2D eigenvalue weighted by Crippen LogP contribution is -2.19. The molecule has 0 aliphatic heterocycles. The highest BCUT2D eigenvalue weighted by atomic mass is 32.2. The summed E-state index contributed by atoms with van der Waals surface area (Å²) in [6, 6.07) is 17.8. The predicted octanol–water partition coefficient (Wildman–Crippen LogP) is 4.02. The maximum atomic E-state index is 13.1. The Morgan fingerprint density at radius 3 is 2.22 bits per heavy atom. The first kappa shape index (κ1) is 22.8. The maximum Gasteiger partial charge on any atom is 0.262 e. The Bertz CT molecular complexity index is 1270. The zero-order valence-corrected chi connectivity index (χ0v) is 18.6. The van der Waals surface area contributed by atoms with Gasteiger partial charge >= 0.3 is 0 Å². The fourth-order valence-corrected chi connectivity index (χ4v) is 4.43. The van der Waals surface area contributed by atoms with Crippen LogP contribution in [0.25, 0.3) is 0 Å². The first-order chi connectivity index (χ1) is 15.2. The van der Waals surface area contributed by atoms with E-state index in [-0.39, 0.29) is 22.1 Å². The number of aryl methyl sites for hydroxylation is 1. The van der Waals surface area contributed by atoms with E-state index in [1.807, 2.05) is 0 Å². The van der Waals surface area contributed by atoms with Crippen molar-refractivity contribution in [2.75, 3.05) is 22.5 Å². The molecule has 8 nitrogen and oxygen atoms in total. The molecule has 9 heteroatoms. The molecule has 3 N–H and O–H groups in total. The summed E-state index contributed by atoms with van der Waals surface area (Å²) in [6.07, 6.45) is 0. The molecule has 0 aromatic heterocycles. The zero-order chi connectivity index (χ0) is 23.3. The zero-order valence-electron chi connectivity index (χ0n) is 17.8. The number of rotatable bonds is 7. The second-order valence-corrected chi connectivity index (χ2v) is 8.62. The molecule has 32 heavy (non-hydrogen) atoms. The van der Waals surface area contributed by atoms with Crippen LogP contribution in [0.2, 0.25) is 0 Å². The van der Waals surface area contributed by atoms with Gasteiger partial charge in [0.15, 0.2) is 0 Å². The Morgan fingerprint density at radius 1 is 0.875 bits per heavy atom. The number of benzene rings is 3. The van der Waals surface area contributed by atoms with E-state index in [4.69, 9.17) is 4.74 Å². The van der Waals surface area contributed by atoms with Crippen molar-refractivity contribution >= 4 is 38.9 Å². The van der Waals surface area contributed by atoms with E-state index in [1.54, 1.807) is 55.5 Å². The van der Waals surface area contributed by atoms with Crippen molar-refractivity contribution < 1.29 is 22.7 Å². The number of amides is 2. The monoisotopic (exact) mass is 453 g/mol. The van der Waals surface area contributed by atoms with Gasteiger partial charge in [-0.3, -0.25) is 14.3 Å². The molecule has 0 saturated heterocycles. The summed E-state index contributed by atoms with van der Waals surface area (Å²) >= 11 is 0. The first-order valence-corrected chi connectivity index (χ1v) is 11.1. The molecule has 3 aromatic carbocycles. The summed E-state index contributed by atoms with van der Waals surface area (Å²) in [7, 11) is -2.56. The van der Waals surface area contributed by atoms with Gasteiger partial charge in [-0.05, 0) is 48.9 Å². The van der Waals surface area contributed by atoms with Crippen molar-refractivity contribution in [1.29, 1.82) is 0 Å². The molecule has 0 aliphatic rings. The van der Waals surface area contributed by atoms with Crippen molar-refractivity contribution in [3.63, 3.8) is 0 Å². The Balaban J connectivity index is 1.92. The van der Waals surface area contributed by atoms with Gasteiger partial charge < -0.3 is 15.4 Å². The van der Waals surface area contributed by atoms with Crippen LogP contribution in [-0.4, -0.2) is 27.3 Å². The van der Waals surface area contributed by atoms with E-state index < -0.39 is 15.9 Å². The molecule has 0 atom stereocenters. The summed E-state index contributed by atoms with van der Waals surface area (Å²) in [5.74, 6) is -0.343. The molecule has 0 heterocycles. The SMILES string of the molecule is COc1ccccc1NC(=O)c1ccccc1NS(=O)(=O)c1cc(NC(C)=O)ccc1C. The number of nitrogens with one attached hydrogen (secondary N) is 3. The molecule has 0 unspecified atom stereocenters. The van der Waals surface area contributed by atoms with Crippen LogP contribution in [0.15, 0.2) is 71.6 Å². The van der Waals surface area contributed by atoms with Gasteiger partial charge in [-0.25, -0.2) is 8.42 Å². The second-order valence-electron chi connectivity index (χ2n) is 6.97. The van der Waals surface area contributed by atoms with Crippen LogP contribution in [0.1, 0.15) is 22.8 Å². The number of carbonyl (C=O) groups is 2. The van der Waals surface area contributed by atoms with Gasteiger partial charge in [-0.15, -0.1) is 0 Å². The molecule has 0 fully saturated rings. The van der Waals surface area contributed by atoms with Gasteiger partial charge in [0.05, 0.1) is 28.9 Å². The molecule has 0 radical (unpaired) electrons.